The molecule has 0 bridgehead atoms. The van der Waals surface area contributed by atoms with Crippen molar-refractivity contribution in [2.45, 2.75) is 40.2 Å². The SMILES string of the molecule is CCCN(CCC)Cc1c(O)ccc2c(C)c(-c3ccc(Cl)cc3)c(=O)oc12. The van der Waals surface area contributed by atoms with Crippen LogP contribution >= 0.6 is 11.6 Å². The molecule has 0 aliphatic heterocycles. The van der Waals surface area contributed by atoms with Gasteiger partial charge in [-0.1, -0.05) is 37.6 Å². The summed E-state index contributed by atoms with van der Waals surface area (Å²) in [6.07, 6.45) is 2.05. The van der Waals surface area contributed by atoms with E-state index in [9.17, 15) is 9.90 Å². The fraction of sp³-hybridized carbons (Fsp3) is 0.348. The van der Waals surface area contributed by atoms with Crippen LogP contribution in [-0.2, 0) is 6.54 Å². The van der Waals surface area contributed by atoms with Crippen molar-refractivity contribution in [3.8, 4) is 16.9 Å². The Morgan fingerprint density at radius 1 is 1.04 bits per heavy atom. The largest absolute Gasteiger partial charge is 0.507 e. The maximum atomic E-state index is 12.8. The van der Waals surface area contributed by atoms with Crippen LogP contribution in [0.3, 0.4) is 0 Å². The lowest BCUT2D eigenvalue weighted by Gasteiger charge is -2.22. The highest BCUT2D eigenvalue weighted by molar-refractivity contribution is 6.30. The van der Waals surface area contributed by atoms with Gasteiger partial charge in [0, 0.05) is 17.0 Å². The summed E-state index contributed by atoms with van der Waals surface area (Å²) in [7, 11) is 0. The van der Waals surface area contributed by atoms with Gasteiger partial charge in [0.1, 0.15) is 11.3 Å². The zero-order valence-corrected chi connectivity index (χ0v) is 17.3. The molecule has 0 amide bonds. The summed E-state index contributed by atoms with van der Waals surface area (Å²) >= 11 is 5.98. The molecule has 28 heavy (non-hydrogen) atoms. The van der Waals surface area contributed by atoms with E-state index in [1.807, 2.05) is 25.1 Å². The Morgan fingerprint density at radius 3 is 2.29 bits per heavy atom. The van der Waals surface area contributed by atoms with E-state index in [1.165, 1.54) is 0 Å². The predicted octanol–water partition coefficient (Wildman–Crippen LogP) is 5.75. The third-order valence-corrected chi connectivity index (χ3v) is 5.26. The zero-order chi connectivity index (χ0) is 20.3. The standard InChI is InChI=1S/C23H26ClNO3/c1-4-12-25(13-5-2)14-19-20(26)11-10-18-15(3)21(23(27)28-22(18)19)16-6-8-17(24)9-7-16/h6-11,26H,4-5,12-14H2,1-3H3. The third kappa shape index (κ3) is 4.08. The van der Waals surface area contributed by atoms with Crippen molar-refractivity contribution in [2.24, 2.45) is 0 Å². The van der Waals surface area contributed by atoms with Gasteiger partial charge in [0.05, 0.1) is 11.1 Å². The van der Waals surface area contributed by atoms with E-state index in [1.54, 1.807) is 18.2 Å². The minimum atomic E-state index is -0.406. The van der Waals surface area contributed by atoms with Crippen LogP contribution in [0.2, 0.25) is 5.02 Å². The van der Waals surface area contributed by atoms with Gasteiger partial charge in [0.25, 0.3) is 0 Å². The van der Waals surface area contributed by atoms with Crippen molar-refractivity contribution in [3.63, 3.8) is 0 Å². The highest BCUT2D eigenvalue weighted by atomic mass is 35.5. The smallest absolute Gasteiger partial charge is 0.344 e. The van der Waals surface area contributed by atoms with E-state index in [4.69, 9.17) is 16.0 Å². The third-order valence-electron chi connectivity index (χ3n) is 5.01. The molecule has 5 heteroatoms. The summed E-state index contributed by atoms with van der Waals surface area (Å²) in [5, 5.41) is 11.9. The van der Waals surface area contributed by atoms with Crippen LogP contribution in [-0.4, -0.2) is 23.1 Å². The van der Waals surface area contributed by atoms with E-state index >= 15 is 0 Å². The van der Waals surface area contributed by atoms with Crippen molar-refractivity contribution in [1.29, 1.82) is 0 Å². The predicted molar refractivity (Wildman–Crippen MR) is 115 cm³/mol. The summed E-state index contributed by atoms with van der Waals surface area (Å²) < 4.78 is 5.75. The van der Waals surface area contributed by atoms with Gasteiger partial charge in [-0.05, 0) is 68.2 Å². The molecular weight excluding hydrogens is 374 g/mol. The van der Waals surface area contributed by atoms with Crippen molar-refractivity contribution in [1.82, 2.24) is 4.90 Å². The van der Waals surface area contributed by atoms with Crippen molar-refractivity contribution in [2.75, 3.05) is 13.1 Å². The molecule has 1 aromatic heterocycles. The molecule has 3 aromatic rings. The van der Waals surface area contributed by atoms with Crippen LogP contribution in [0.15, 0.2) is 45.6 Å². The summed E-state index contributed by atoms with van der Waals surface area (Å²) in [6, 6.07) is 10.7. The van der Waals surface area contributed by atoms with Crippen LogP contribution in [0.25, 0.3) is 22.1 Å². The van der Waals surface area contributed by atoms with E-state index in [0.717, 1.165) is 42.4 Å². The van der Waals surface area contributed by atoms with Crippen molar-refractivity contribution < 1.29 is 9.52 Å². The first-order valence-electron chi connectivity index (χ1n) is 9.72. The average molecular weight is 400 g/mol. The van der Waals surface area contributed by atoms with Crippen molar-refractivity contribution in [3.05, 3.63) is 63.0 Å². The number of halogens is 1. The Labute approximate surface area is 170 Å². The van der Waals surface area contributed by atoms with Crippen LogP contribution in [0.5, 0.6) is 5.75 Å². The Morgan fingerprint density at radius 2 is 1.68 bits per heavy atom. The maximum Gasteiger partial charge on any atom is 0.344 e. The van der Waals surface area contributed by atoms with Crippen LogP contribution < -0.4 is 5.63 Å². The summed E-state index contributed by atoms with van der Waals surface area (Å²) in [6.45, 7) is 8.58. The van der Waals surface area contributed by atoms with Gasteiger partial charge in [-0.25, -0.2) is 4.79 Å². The molecule has 3 rings (SSSR count). The number of hydrogen-bond donors (Lipinski definition) is 1. The molecule has 1 N–H and O–H groups in total. The average Bonchev–Trinajstić information content (AvgIpc) is 2.66. The second kappa shape index (κ2) is 8.80. The minimum absolute atomic E-state index is 0.159. The number of benzene rings is 2. The molecule has 0 saturated carbocycles. The molecule has 148 valence electrons. The Balaban J connectivity index is 2.16. The molecule has 0 radical (unpaired) electrons. The van der Waals surface area contributed by atoms with Crippen LogP contribution in [0, 0.1) is 6.92 Å². The molecular formula is C23H26ClNO3. The topological polar surface area (TPSA) is 53.7 Å². The molecule has 0 saturated heterocycles. The molecule has 0 fully saturated rings. The second-order valence-corrected chi connectivity index (χ2v) is 7.55. The zero-order valence-electron chi connectivity index (χ0n) is 16.6. The first-order chi connectivity index (χ1) is 13.5. The molecule has 0 aliphatic rings. The van der Waals surface area contributed by atoms with E-state index in [2.05, 4.69) is 18.7 Å². The lowest BCUT2D eigenvalue weighted by atomic mass is 9.98. The number of phenolic OH excluding ortho intramolecular Hbond substituents is 1. The number of nitrogens with zero attached hydrogens (tertiary/aromatic N) is 1. The molecule has 0 atom stereocenters. The van der Waals surface area contributed by atoms with E-state index in [0.29, 0.717) is 28.3 Å². The number of aryl methyl sites for hydroxylation is 1. The first kappa shape index (κ1) is 20.4. The fourth-order valence-electron chi connectivity index (χ4n) is 3.69. The summed E-state index contributed by atoms with van der Waals surface area (Å²) in [5.74, 6) is 0.159. The highest BCUT2D eigenvalue weighted by Gasteiger charge is 2.19. The number of rotatable bonds is 7. The van der Waals surface area contributed by atoms with Gasteiger partial charge in [-0.15, -0.1) is 0 Å². The molecule has 0 spiro atoms. The van der Waals surface area contributed by atoms with Gasteiger partial charge in [-0.2, -0.15) is 0 Å². The highest BCUT2D eigenvalue weighted by Crippen LogP contribution is 2.33. The Bertz CT molecular complexity index is 1020. The number of fused-ring (bicyclic) bond motifs is 1. The molecule has 0 unspecified atom stereocenters. The summed E-state index contributed by atoms with van der Waals surface area (Å²) in [4.78, 5) is 15.1. The lowest BCUT2D eigenvalue weighted by molar-refractivity contribution is 0.262. The number of hydrogen-bond acceptors (Lipinski definition) is 4. The molecule has 4 nitrogen and oxygen atoms in total. The van der Waals surface area contributed by atoms with Gasteiger partial charge in [0.15, 0.2) is 0 Å². The van der Waals surface area contributed by atoms with E-state index < -0.39 is 5.63 Å². The Kier molecular flexibility index (Phi) is 6.42. The second-order valence-electron chi connectivity index (χ2n) is 7.11. The van der Waals surface area contributed by atoms with Gasteiger partial charge >= 0.3 is 5.63 Å². The minimum Gasteiger partial charge on any atom is -0.507 e. The number of aromatic hydroxyl groups is 1. The fourth-order valence-corrected chi connectivity index (χ4v) is 3.82. The van der Waals surface area contributed by atoms with Gasteiger partial charge in [-0.3, -0.25) is 4.90 Å². The lowest BCUT2D eigenvalue weighted by Crippen LogP contribution is -2.25. The molecule has 0 aliphatic carbocycles. The quantitative estimate of drug-likeness (QED) is 0.514. The number of phenols is 1. The molecule has 2 aromatic carbocycles. The molecule has 1 heterocycles. The van der Waals surface area contributed by atoms with Crippen LogP contribution in [0.1, 0.15) is 37.8 Å². The first-order valence-corrected chi connectivity index (χ1v) is 10.1. The van der Waals surface area contributed by atoms with E-state index in [-0.39, 0.29) is 5.75 Å². The monoisotopic (exact) mass is 399 g/mol. The van der Waals surface area contributed by atoms with Gasteiger partial charge in [0.2, 0.25) is 0 Å². The Hall–Kier alpha value is -2.30. The summed E-state index contributed by atoms with van der Waals surface area (Å²) in [5.41, 5.74) is 2.87. The van der Waals surface area contributed by atoms with Crippen molar-refractivity contribution >= 4 is 22.6 Å². The maximum absolute atomic E-state index is 12.8. The van der Waals surface area contributed by atoms with Gasteiger partial charge < -0.3 is 9.52 Å². The normalized spacial score (nSPS) is 11.5. The van der Waals surface area contributed by atoms with Crippen LogP contribution in [0.4, 0.5) is 0 Å².